The highest BCUT2D eigenvalue weighted by molar-refractivity contribution is 9.10. The third-order valence-electron chi connectivity index (χ3n) is 5.59. The molecule has 0 saturated carbocycles. The van der Waals surface area contributed by atoms with Crippen molar-refractivity contribution in [3.63, 3.8) is 0 Å². The van der Waals surface area contributed by atoms with Crippen molar-refractivity contribution >= 4 is 43.3 Å². The van der Waals surface area contributed by atoms with Gasteiger partial charge in [-0.3, -0.25) is 9.48 Å². The average molecular weight is 640 g/mol. The van der Waals surface area contributed by atoms with Gasteiger partial charge in [-0.2, -0.15) is 22.7 Å². The third kappa shape index (κ3) is 6.17. The van der Waals surface area contributed by atoms with E-state index in [1.165, 1.54) is 49.0 Å². The molecule has 0 aliphatic heterocycles. The van der Waals surface area contributed by atoms with Crippen molar-refractivity contribution in [2.45, 2.75) is 38.8 Å². The number of ketones is 1. The van der Waals surface area contributed by atoms with Crippen LogP contribution >= 0.6 is 27.3 Å². The Morgan fingerprint density at radius 3 is 2.75 bits per heavy atom. The maximum Gasteiger partial charge on any atom is 0.408 e. The fourth-order valence-electron chi connectivity index (χ4n) is 3.77. The maximum absolute atomic E-state index is 13.5. The smallest absolute Gasteiger partial charge is 0.408 e. The molecule has 2 atom stereocenters. The molecule has 14 heteroatoms. The molecule has 0 radical (unpaired) electrons. The summed E-state index contributed by atoms with van der Waals surface area (Å²) in [6.07, 6.45) is -4.63. The van der Waals surface area contributed by atoms with Crippen LogP contribution in [-0.2, 0) is 24.3 Å². The topological polar surface area (TPSA) is 92.3 Å². The van der Waals surface area contributed by atoms with Crippen molar-refractivity contribution in [3.05, 3.63) is 76.7 Å². The van der Waals surface area contributed by atoms with Crippen molar-refractivity contribution in [2.24, 2.45) is 0 Å². The summed E-state index contributed by atoms with van der Waals surface area (Å²) in [7, 11) is 0. The summed E-state index contributed by atoms with van der Waals surface area (Å²) in [6, 6.07) is 9.67. The van der Waals surface area contributed by atoms with Crippen LogP contribution in [0, 0.1) is 6.01 Å². The zero-order valence-corrected chi connectivity index (χ0v) is 22.9. The molecule has 0 N–H and O–H groups in total. The van der Waals surface area contributed by atoms with Crippen molar-refractivity contribution < 1.29 is 37.6 Å². The molecular formula is C26H19BrF4N4O4S. The van der Waals surface area contributed by atoms with Crippen LogP contribution in [0.3, 0.4) is 0 Å². The predicted molar refractivity (Wildman–Crippen MR) is 141 cm³/mol. The normalized spacial score (nSPS) is 13.7. The lowest BCUT2D eigenvalue weighted by Gasteiger charge is -2.19. The summed E-state index contributed by atoms with van der Waals surface area (Å²) in [6.45, 7) is -0.261. The molecule has 0 aliphatic rings. The first kappa shape index (κ1) is 26.4. The Morgan fingerprint density at radius 2 is 2.02 bits per heavy atom. The molecule has 4 aromatic heterocycles. The Labute approximate surface area is 238 Å². The zero-order valence-electron chi connectivity index (χ0n) is 21.5. The monoisotopic (exact) mass is 639 g/mol. The van der Waals surface area contributed by atoms with E-state index in [9.17, 15) is 22.4 Å². The lowest BCUT2D eigenvalue weighted by Crippen LogP contribution is -2.28. The molecule has 0 bridgehead atoms. The second kappa shape index (κ2) is 11.4. The van der Waals surface area contributed by atoms with Gasteiger partial charge in [0.25, 0.3) is 6.01 Å². The number of halogens is 5. The van der Waals surface area contributed by atoms with Crippen molar-refractivity contribution in [1.29, 1.82) is 0 Å². The molecule has 208 valence electrons. The van der Waals surface area contributed by atoms with Gasteiger partial charge in [-0.05, 0) is 46.6 Å². The average Bonchev–Trinajstić information content (AvgIpc) is 3.63. The van der Waals surface area contributed by atoms with Gasteiger partial charge in [0, 0.05) is 20.0 Å². The highest BCUT2D eigenvalue weighted by atomic mass is 79.9. The van der Waals surface area contributed by atoms with Crippen LogP contribution in [0.5, 0.6) is 11.6 Å². The van der Waals surface area contributed by atoms with E-state index in [1.807, 2.05) is 0 Å². The van der Waals surface area contributed by atoms with Crippen LogP contribution in [0.4, 0.5) is 17.6 Å². The van der Waals surface area contributed by atoms with Crippen molar-refractivity contribution in [2.75, 3.05) is 0 Å². The standard InChI is InChI=1S/C26H19BrF4N4O4S/c1-14(36)19(39-24-21-22(27)23(18-6-7-20(28)38-18)40-25(21)33-13-32-24)10-15-4-2-3-5-17(15)37-11-16-8-9-34-35(16)12-26(29,30)31/h2-9,13,19H,10-12H2,1H3/t19-/m0/s1/i10D/t10-,19+/m1. The molecule has 5 rings (SSSR count). The quantitative estimate of drug-likeness (QED) is 0.156. The molecule has 4 heterocycles. The van der Waals surface area contributed by atoms with Crippen LogP contribution in [0.1, 0.15) is 19.6 Å². The Morgan fingerprint density at radius 1 is 1.23 bits per heavy atom. The van der Waals surface area contributed by atoms with Gasteiger partial charge >= 0.3 is 6.18 Å². The third-order valence-corrected chi connectivity index (χ3v) is 7.76. The fraction of sp³-hybridized carbons (Fsp3) is 0.231. The van der Waals surface area contributed by atoms with E-state index in [1.54, 1.807) is 24.3 Å². The largest absolute Gasteiger partial charge is 0.487 e. The predicted octanol–water partition coefficient (Wildman–Crippen LogP) is 6.77. The number of thiophene rings is 1. The Balaban J connectivity index is 1.41. The lowest BCUT2D eigenvalue weighted by atomic mass is 10.0. The number of nitrogens with zero attached hydrogens (tertiary/aromatic N) is 4. The zero-order chi connectivity index (χ0) is 29.3. The Kier molecular flexibility index (Phi) is 7.52. The summed E-state index contributed by atoms with van der Waals surface area (Å²) in [5.74, 6) is -0.0148. The van der Waals surface area contributed by atoms with Crippen molar-refractivity contribution in [1.82, 2.24) is 19.7 Å². The van der Waals surface area contributed by atoms with Crippen LogP contribution in [0.2, 0.25) is 0 Å². The van der Waals surface area contributed by atoms with Gasteiger partial charge in [0.2, 0.25) is 5.88 Å². The number of alkyl halides is 3. The SMILES string of the molecule is [2H][C@H](c1ccccc1OCc1ccnn1CC(F)(F)F)[C@H](Oc1ncnc2sc(-c3ccc(F)o3)c(Br)c12)C(C)=O. The van der Waals surface area contributed by atoms with E-state index >= 15 is 0 Å². The molecule has 8 nitrogen and oxygen atoms in total. The van der Waals surface area contributed by atoms with Gasteiger partial charge in [-0.1, -0.05) is 18.2 Å². The number of rotatable bonds is 10. The molecule has 5 aromatic rings. The minimum Gasteiger partial charge on any atom is -0.487 e. The number of Topliss-reactive ketones (excluding diaryl/α,β-unsaturated/α-hetero) is 1. The summed E-state index contributed by atoms with van der Waals surface area (Å²) < 4.78 is 79.2. The minimum absolute atomic E-state index is 0.0169. The van der Waals surface area contributed by atoms with Gasteiger partial charge in [-0.25, -0.2) is 9.97 Å². The molecule has 0 saturated heterocycles. The number of carbonyl (C=O) groups is 1. The van der Waals surface area contributed by atoms with Crippen LogP contribution in [-0.4, -0.2) is 37.8 Å². The number of hydrogen-bond donors (Lipinski definition) is 0. The molecule has 0 aliphatic carbocycles. The first-order valence-corrected chi connectivity index (χ1v) is 13.2. The summed E-state index contributed by atoms with van der Waals surface area (Å²) in [5, 5.41) is 4.11. The van der Waals surface area contributed by atoms with Gasteiger partial charge in [-0.15, -0.1) is 11.3 Å². The molecule has 0 fully saturated rings. The maximum atomic E-state index is 13.5. The lowest BCUT2D eigenvalue weighted by molar-refractivity contribution is -0.143. The van der Waals surface area contributed by atoms with Gasteiger partial charge in [0.05, 0.1) is 20.4 Å². The van der Waals surface area contributed by atoms with Gasteiger partial charge in [0.1, 0.15) is 35.8 Å². The molecular weight excluding hydrogens is 620 g/mol. The van der Waals surface area contributed by atoms with E-state index in [0.29, 0.717) is 19.6 Å². The molecule has 40 heavy (non-hydrogen) atoms. The number of aromatic nitrogens is 4. The fourth-order valence-corrected chi connectivity index (χ4v) is 5.69. The van der Waals surface area contributed by atoms with Crippen molar-refractivity contribution in [3.8, 4) is 22.3 Å². The number of fused-ring (bicyclic) bond motifs is 1. The molecule has 1 aromatic carbocycles. The molecule has 0 amide bonds. The number of benzene rings is 1. The number of para-hydroxylation sites is 1. The molecule has 0 spiro atoms. The van der Waals surface area contributed by atoms with E-state index < -0.39 is 37.0 Å². The minimum atomic E-state index is -4.46. The highest BCUT2D eigenvalue weighted by Gasteiger charge is 2.29. The summed E-state index contributed by atoms with van der Waals surface area (Å²) in [5.41, 5.74) is 0.451. The van der Waals surface area contributed by atoms with E-state index in [0.717, 1.165) is 4.68 Å². The van der Waals surface area contributed by atoms with E-state index in [-0.39, 0.29) is 35.3 Å². The summed E-state index contributed by atoms with van der Waals surface area (Å²) >= 11 is 4.66. The first-order chi connectivity index (χ1) is 19.5. The second-order valence-corrected chi connectivity index (χ2v) is 10.2. The van der Waals surface area contributed by atoms with Crippen LogP contribution in [0.15, 0.2) is 63.9 Å². The number of hydrogen-bond acceptors (Lipinski definition) is 8. The summed E-state index contributed by atoms with van der Waals surface area (Å²) in [4.78, 5) is 22.1. The first-order valence-electron chi connectivity index (χ1n) is 12.2. The van der Waals surface area contributed by atoms with Crippen LogP contribution < -0.4 is 9.47 Å². The highest BCUT2D eigenvalue weighted by Crippen LogP contribution is 2.45. The number of ether oxygens (including phenoxy) is 2. The Bertz CT molecular complexity index is 1710. The van der Waals surface area contributed by atoms with Gasteiger partial charge < -0.3 is 13.9 Å². The van der Waals surface area contributed by atoms with E-state index in [2.05, 4.69) is 31.0 Å². The Hall–Kier alpha value is -3.78. The number of carbonyl (C=O) groups excluding carboxylic acids is 1. The van der Waals surface area contributed by atoms with E-state index in [4.69, 9.17) is 15.3 Å². The molecule has 0 unspecified atom stereocenters. The second-order valence-electron chi connectivity index (χ2n) is 8.45. The van der Waals surface area contributed by atoms with Crippen LogP contribution in [0.25, 0.3) is 20.9 Å². The number of furan rings is 1. The van der Waals surface area contributed by atoms with Gasteiger partial charge in [0.15, 0.2) is 11.9 Å².